The number of carboxylic acids is 1. The molecule has 0 radical (unpaired) electrons. The molecule has 1 unspecified atom stereocenters. The van der Waals surface area contributed by atoms with Crippen molar-refractivity contribution in [2.24, 2.45) is 0 Å². The van der Waals surface area contributed by atoms with Crippen molar-refractivity contribution in [2.45, 2.75) is 11.9 Å². The largest absolute Gasteiger partial charge is 0.496 e. The first-order valence-electron chi connectivity index (χ1n) is 9.20. The maximum Gasteiger partial charge on any atom is 0.337 e. The number of nitrogens with one attached hydrogen (secondary N) is 1. The number of carbonyl (C=O) groups is 1. The SMILES string of the molecule is COc1cc(OC)c(C=CNS(=O)(=O)Cc2ccc(OC)c(C(O)C(=O)O)c2)c(OC)c1. The lowest BCUT2D eigenvalue weighted by molar-refractivity contribution is -0.147. The number of carboxylic acid groups (broad SMARTS) is 1. The van der Waals surface area contributed by atoms with Crippen LogP contribution in [0.25, 0.3) is 6.08 Å². The maximum atomic E-state index is 12.5. The van der Waals surface area contributed by atoms with Crippen LogP contribution in [0.3, 0.4) is 0 Å². The third-order valence-electron chi connectivity index (χ3n) is 4.43. The first-order valence-corrected chi connectivity index (χ1v) is 10.8. The first kappa shape index (κ1) is 24.8. The predicted molar refractivity (Wildman–Crippen MR) is 116 cm³/mol. The molecule has 0 aliphatic heterocycles. The number of hydrogen-bond donors (Lipinski definition) is 3. The van der Waals surface area contributed by atoms with Gasteiger partial charge in [-0.25, -0.2) is 13.2 Å². The topological polar surface area (TPSA) is 141 Å². The molecule has 0 amide bonds. The molecule has 10 nitrogen and oxygen atoms in total. The molecule has 2 aromatic carbocycles. The summed E-state index contributed by atoms with van der Waals surface area (Å²) in [6.45, 7) is 0. The molecule has 2 aromatic rings. The van der Waals surface area contributed by atoms with Gasteiger partial charge in [-0.05, 0) is 23.8 Å². The van der Waals surface area contributed by atoms with Crippen LogP contribution in [0, 0.1) is 0 Å². The number of methoxy groups -OCH3 is 4. The second-order valence-electron chi connectivity index (χ2n) is 6.47. The lowest BCUT2D eigenvalue weighted by Crippen LogP contribution is -2.20. The van der Waals surface area contributed by atoms with E-state index in [0.29, 0.717) is 22.8 Å². The third kappa shape index (κ3) is 6.05. The molecule has 11 heteroatoms. The second kappa shape index (κ2) is 10.7. The number of benzene rings is 2. The molecule has 0 fully saturated rings. The number of hydrogen-bond acceptors (Lipinski definition) is 8. The molecule has 32 heavy (non-hydrogen) atoms. The Balaban J connectivity index is 2.24. The van der Waals surface area contributed by atoms with E-state index >= 15 is 0 Å². The zero-order valence-electron chi connectivity index (χ0n) is 18.0. The van der Waals surface area contributed by atoms with Crippen molar-refractivity contribution in [1.82, 2.24) is 4.72 Å². The lowest BCUT2D eigenvalue weighted by atomic mass is 10.1. The molecular formula is C21H25NO9S. The number of aliphatic hydroxyl groups excluding tert-OH is 1. The molecule has 0 aliphatic rings. The summed E-state index contributed by atoms with van der Waals surface area (Å²) >= 11 is 0. The van der Waals surface area contributed by atoms with Crippen LogP contribution in [-0.2, 0) is 20.6 Å². The fraction of sp³-hybridized carbons (Fsp3) is 0.286. The summed E-state index contributed by atoms with van der Waals surface area (Å²) in [6, 6.07) is 7.40. The van der Waals surface area contributed by atoms with Crippen LogP contribution < -0.4 is 23.7 Å². The highest BCUT2D eigenvalue weighted by atomic mass is 32.2. The Labute approximate surface area is 186 Å². The smallest absolute Gasteiger partial charge is 0.337 e. The Morgan fingerprint density at radius 2 is 1.59 bits per heavy atom. The summed E-state index contributed by atoms with van der Waals surface area (Å²) < 4.78 is 48.2. The Morgan fingerprint density at radius 1 is 1.00 bits per heavy atom. The number of aliphatic carboxylic acids is 1. The molecule has 0 aromatic heterocycles. The minimum Gasteiger partial charge on any atom is -0.496 e. The zero-order chi connectivity index (χ0) is 23.9. The van der Waals surface area contributed by atoms with Crippen molar-refractivity contribution in [3.05, 3.63) is 53.2 Å². The van der Waals surface area contributed by atoms with Crippen molar-refractivity contribution in [1.29, 1.82) is 0 Å². The highest BCUT2D eigenvalue weighted by Gasteiger charge is 2.22. The summed E-state index contributed by atoms with van der Waals surface area (Å²) in [7, 11) is 1.88. The van der Waals surface area contributed by atoms with E-state index < -0.39 is 27.8 Å². The summed E-state index contributed by atoms with van der Waals surface area (Å²) in [5.41, 5.74) is 0.715. The van der Waals surface area contributed by atoms with Gasteiger partial charge in [-0.1, -0.05) is 6.07 Å². The second-order valence-corrected chi connectivity index (χ2v) is 8.23. The fourth-order valence-electron chi connectivity index (χ4n) is 2.90. The van der Waals surface area contributed by atoms with Crippen LogP contribution in [0.5, 0.6) is 23.0 Å². The highest BCUT2D eigenvalue weighted by Crippen LogP contribution is 2.35. The zero-order valence-corrected chi connectivity index (χ0v) is 18.8. The van der Waals surface area contributed by atoms with Crippen LogP contribution in [0.1, 0.15) is 22.8 Å². The van der Waals surface area contributed by atoms with Crippen LogP contribution >= 0.6 is 0 Å². The fourth-order valence-corrected chi connectivity index (χ4v) is 3.88. The van der Waals surface area contributed by atoms with Crippen molar-refractivity contribution in [2.75, 3.05) is 28.4 Å². The molecule has 1 atom stereocenters. The monoisotopic (exact) mass is 467 g/mol. The average Bonchev–Trinajstić information content (AvgIpc) is 2.77. The van der Waals surface area contributed by atoms with Gasteiger partial charge in [0.1, 0.15) is 23.0 Å². The minimum atomic E-state index is -3.85. The van der Waals surface area contributed by atoms with Crippen LogP contribution in [0.2, 0.25) is 0 Å². The van der Waals surface area contributed by atoms with Crippen LogP contribution in [0.4, 0.5) is 0 Å². The summed E-state index contributed by atoms with van der Waals surface area (Å²) in [5, 5.41) is 18.9. The van der Waals surface area contributed by atoms with E-state index in [2.05, 4.69) is 4.72 Å². The molecule has 3 N–H and O–H groups in total. The molecule has 0 bridgehead atoms. The first-order chi connectivity index (χ1) is 15.1. The van der Waals surface area contributed by atoms with Gasteiger partial charge in [0.2, 0.25) is 10.0 Å². The van der Waals surface area contributed by atoms with E-state index in [1.165, 1.54) is 58.9 Å². The molecule has 174 valence electrons. The summed E-state index contributed by atoms with van der Waals surface area (Å²) in [6.07, 6.45) is 0.844. The average molecular weight is 467 g/mol. The van der Waals surface area contributed by atoms with Gasteiger partial charge in [0.25, 0.3) is 0 Å². The molecule has 2 rings (SSSR count). The van der Waals surface area contributed by atoms with Crippen molar-refractivity contribution in [3.8, 4) is 23.0 Å². The van der Waals surface area contributed by atoms with E-state index in [9.17, 15) is 18.3 Å². The van der Waals surface area contributed by atoms with Crippen molar-refractivity contribution >= 4 is 22.1 Å². The van der Waals surface area contributed by atoms with Crippen LogP contribution in [0.15, 0.2) is 36.5 Å². The highest BCUT2D eigenvalue weighted by molar-refractivity contribution is 7.88. The van der Waals surface area contributed by atoms with Gasteiger partial charge < -0.3 is 29.2 Å². The third-order valence-corrected chi connectivity index (χ3v) is 5.64. The lowest BCUT2D eigenvalue weighted by Gasteiger charge is -2.14. The van der Waals surface area contributed by atoms with E-state index in [-0.39, 0.29) is 16.9 Å². The normalized spacial score (nSPS) is 12.3. The number of rotatable bonds is 11. The number of sulfonamides is 1. The quantitative estimate of drug-likeness (QED) is 0.452. The number of ether oxygens (including phenoxy) is 4. The summed E-state index contributed by atoms with van der Waals surface area (Å²) in [4.78, 5) is 11.1. The standard InChI is InChI=1S/C21H25NO9S/c1-28-14-10-18(30-3)15(19(11-14)31-4)7-8-22-32(26,27)12-13-5-6-17(29-2)16(9-13)20(23)21(24)25/h5-11,20,22-23H,12H2,1-4H3,(H,24,25). The molecule has 0 saturated carbocycles. The van der Waals surface area contributed by atoms with Gasteiger partial charge in [0, 0.05) is 23.9 Å². The number of aliphatic hydroxyl groups is 1. The molecule has 0 aliphatic carbocycles. The van der Waals surface area contributed by atoms with Gasteiger partial charge in [-0.3, -0.25) is 4.72 Å². The van der Waals surface area contributed by atoms with Crippen molar-refractivity contribution in [3.63, 3.8) is 0 Å². The Bertz CT molecular complexity index is 1070. The molecule has 0 spiro atoms. The van der Waals surface area contributed by atoms with Crippen molar-refractivity contribution < 1.29 is 42.4 Å². The molecule has 0 saturated heterocycles. The van der Waals surface area contributed by atoms with Gasteiger partial charge in [-0.15, -0.1) is 0 Å². The maximum absolute atomic E-state index is 12.5. The van der Waals surface area contributed by atoms with Gasteiger partial charge in [0.15, 0.2) is 6.10 Å². The Kier molecular flexibility index (Phi) is 8.33. The molecule has 0 heterocycles. The Morgan fingerprint density at radius 3 is 2.09 bits per heavy atom. The Hall–Kier alpha value is -3.44. The van der Waals surface area contributed by atoms with E-state index in [1.807, 2.05) is 0 Å². The van der Waals surface area contributed by atoms with Gasteiger partial charge >= 0.3 is 5.97 Å². The van der Waals surface area contributed by atoms with E-state index in [1.54, 1.807) is 12.1 Å². The summed E-state index contributed by atoms with van der Waals surface area (Å²) in [5.74, 6) is -0.467. The predicted octanol–water partition coefficient (Wildman–Crippen LogP) is 1.93. The van der Waals surface area contributed by atoms with Gasteiger partial charge in [0.05, 0.1) is 39.8 Å². The minimum absolute atomic E-state index is 0.0454. The van der Waals surface area contributed by atoms with E-state index in [4.69, 9.17) is 24.1 Å². The van der Waals surface area contributed by atoms with Gasteiger partial charge in [-0.2, -0.15) is 0 Å². The van der Waals surface area contributed by atoms with E-state index in [0.717, 1.165) is 0 Å². The molecular weight excluding hydrogens is 442 g/mol. The van der Waals surface area contributed by atoms with Crippen LogP contribution in [-0.4, -0.2) is 53.0 Å².